The minimum Gasteiger partial charge on any atom is -0.458 e. The lowest BCUT2D eigenvalue weighted by Crippen LogP contribution is -2.53. The highest BCUT2D eigenvalue weighted by atomic mass is 17.1. The molecule has 0 radical (unpaired) electrons. The first-order chi connectivity index (χ1) is 10.3. The van der Waals surface area contributed by atoms with Gasteiger partial charge in [0.15, 0.2) is 5.60 Å². The smallest absolute Gasteiger partial charge is 0.334 e. The molecule has 1 heterocycles. The SMILES string of the molecule is C=C1C(=O)O[C@H]2[C@H]1[C@@H](O)CC(=C)[C@]1(OO)C=C[C@@](C)(OO)[C@H]21. The van der Waals surface area contributed by atoms with Crippen molar-refractivity contribution >= 4 is 5.97 Å². The Morgan fingerprint density at radius 2 is 2.00 bits per heavy atom. The second kappa shape index (κ2) is 4.74. The van der Waals surface area contributed by atoms with Crippen LogP contribution in [0.5, 0.6) is 0 Å². The maximum absolute atomic E-state index is 11.9. The van der Waals surface area contributed by atoms with E-state index in [1.165, 1.54) is 12.2 Å². The van der Waals surface area contributed by atoms with Crippen molar-refractivity contribution in [3.8, 4) is 0 Å². The Bertz CT molecular complexity index is 582. The zero-order chi connectivity index (χ0) is 16.3. The Hall–Kier alpha value is -1.51. The van der Waals surface area contributed by atoms with Crippen LogP contribution in [0.15, 0.2) is 36.5 Å². The average molecular weight is 310 g/mol. The number of hydrogen-bond acceptors (Lipinski definition) is 7. The quantitative estimate of drug-likeness (QED) is 0.230. The Labute approximate surface area is 127 Å². The molecule has 0 aromatic heterocycles. The highest BCUT2D eigenvalue weighted by Gasteiger charge is 2.66. The van der Waals surface area contributed by atoms with E-state index in [4.69, 9.17) is 9.62 Å². The molecular weight excluding hydrogens is 292 g/mol. The first-order valence-corrected chi connectivity index (χ1v) is 6.92. The summed E-state index contributed by atoms with van der Waals surface area (Å²) in [6.07, 6.45) is 1.25. The van der Waals surface area contributed by atoms with Crippen molar-refractivity contribution in [3.05, 3.63) is 36.5 Å². The lowest BCUT2D eigenvalue weighted by atomic mass is 9.73. The van der Waals surface area contributed by atoms with Gasteiger partial charge >= 0.3 is 5.97 Å². The molecule has 2 aliphatic carbocycles. The van der Waals surface area contributed by atoms with Gasteiger partial charge in [-0.2, -0.15) is 0 Å². The van der Waals surface area contributed by atoms with E-state index in [1.54, 1.807) is 6.92 Å². The molecule has 3 N–H and O–H groups in total. The number of aliphatic hydroxyl groups excluding tert-OH is 1. The highest BCUT2D eigenvalue weighted by molar-refractivity contribution is 5.91. The van der Waals surface area contributed by atoms with Crippen LogP contribution in [0.1, 0.15) is 13.3 Å². The van der Waals surface area contributed by atoms with Gasteiger partial charge in [-0.1, -0.05) is 19.2 Å². The van der Waals surface area contributed by atoms with E-state index in [-0.39, 0.29) is 12.0 Å². The number of aliphatic hydroxyl groups is 1. The van der Waals surface area contributed by atoms with Crippen LogP contribution in [0.3, 0.4) is 0 Å². The predicted molar refractivity (Wildman–Crippen MR) is 73.5 cm³/mol. The first kappa shape index (κ1) is 15.4. The molecule has 0 amide bonds. The molecule has 0 aromatic carbocycles. The fraction of sp³-hybridized carbons (Fsp3) is 0.533. The number of hydrogen-bond donors (Lipinski definition) is 3. The summed E-state index contributed by atoms with van der Waals surface area (Å²) in [7, 11) is 0. The van der Waals surface area contributed by atoms with E-state index in [2.05, 4.69) is 18.0 Å². The van der Waals surface area contributed by atoms with E-state index in [1.807, 2.05) is 0 Å². The van der Waals surface area contributed by atoms with Crippen LogP contribution in [0.2, 0.25) is 0 Å². The van der Waals surface area contributed by atoms with Crippen molar-refractivity contribution in [1.82, 2.24) is 0 Å². The molecular formula is C15H18O7. The van der Waals surface area contributed by atoms with Crippen LogP contribution in [-0.2, 0) is 19.3 Å². The second-order valence-corrected chi connectivity index (χ2v) is 6.27. The van der Waals surface area contributed by atoms with Gasteiger partial charge in [0.25, 0.3) is 0 Å². The number of ether oxygens (including phenoxy) is 1. The van der Waals surface area contributed by atoms with Crippen molar-refractivity contribution in [3.63, 3.8) is 0 Å². The summed E-state index contributed by atoms with van der Waals surface area (Å²) in [5, 5.41) is 29.3. The van der Waals surface area contributed by atoms with E-state index in [0.29, 0.717) is 5.57 Å². The molecule has 7 nitrogen and oxygen atoms in total. The summed E-state index contributed by atoms with van der Waals surface area (Å²) in [6, 6.07) is 0. The van der Waals surface area contributed by atoms with Crippen molar-refractivity contribution in [2.75, 3.05) is 0 Å². The highest BCUT2D eigenvalue weighted by Crippen LogP contribution is 2.55. The standard InChI is InChI=1S/C15H18O7/c1-7-6-9(16)10-8(2)13(17)20-11(10)12-14(3,21-18)4-5-15(7,12)22-19/h4-5,9-12,16,18-19H,1-2,6H2,3H3/t9-,10+,11-,12-,14+,15+/m0/s1. The Morgan fingerprint density at radius 3 is 2.59 bits per heavy atom. The monoisotopic (exact) mass is 310 g/mol. The number of fused-ring (bicyclic) bond motifs is 3. The van der Waals surface area contributed by atoms with Crippen LogP contribution in [0.25, 0.3) is 0 Å². The molecule has 0 spiro atoms. The number of carbonyl (C=O) groups is 1. The van der Waals surface area contributed by atoms with E-state index >= 15 is 0 Å². The Morgan fingerprint density at radius 1 is 1.32 bits per heavy atom. The zero-order valence-corrected chi connectivity index (χ0v) is 12.1. The summed E-state index contributed by atoms with van der Waals surface area (Å²) in [6.45, 7) is 9.12. The lowest BCUT2D eigenvalue weighted by molar-refractivity contribution is -0.359. The van der Waals surface area contributed by atoms with Gasteiger partial charge in [0, 0.05) is 5.57 Å². The lowest BCUT2D eigenvalue weighted by Gasteiger charge is -2.40. The third kappa shape index (κ3) is 1.71. The van der Waals surface area contributed by atoms with Gasteiger partial charge in [-0.15, -0.1) is 0 Å². The minimum absolute atomic E-state index is 0.0831. The maximum Gasteiger partial charge on any atom is 0.334 e. The van der Waals surface area contributed by atoms with Crippen molar-refractivity contribution in [2.45, 2.75) is 36.8 Å². The molecule has 1 saturated heterocycles. The fourth-order valence-electron chi connectivity index (χ4n) is 3.94. The number of esters is 1. The van der Waals surface area contributed by atoms with Crippen LogP contribution in [-0.4, -0.2) is 45.0 Å². The van der Waals surface area contributed by atoms with Crippen LogP contribution >= 0.6 is 0 Å². The summed E-state index contributed by atoms with van der Waals surface area (Å²) in [5.41, 5.74) is -2.18. The van der Waals surface area contributed by atoms with Gasteiger partial charge in [-0.3, -0.25) is 10.5 Å². The summed E-state index contributed by atoms with van der Waals surface area (Å²) in [4.78, 5) is 21.2. The predicted octanol–water partition coefficient (Wildman–Crippen LogP) is 1.07. The molecule has 0 unspecified atom stereocenters. The third-order valence-corrected chi connectivity index (χ3v) is 5.10. The minimum atomic E-state index is -1.43. The molecule has 7 heteroatoms. The molecule has 2 fully saturated rings. The van der Waals surface area contributed by atoms with Crippen molar-refractivity contribution in [2.24, 2.45) is 11.8 Å². The van der Waals surface area contributed by atoms with E-state index < -0.39 is 41.2 Å². The molecule has 0 bridgehead atoms. The molecule has 22 heavy (non-hydrogen) atoms. The van der Waals surface area contributed by atoms with Gasteiger partial charge in [0.2, 0.25) is 0 Å². The molecule has 0 aromatic rings. The third-order valence-electron chi connectivity index (χ3n) is 5.10. The normalized spacial score (nSPS) is 47.2. The van der Waals surface area contributed by atoms with Gasteiger partial charge < -0.3 is 9.84 Å². The summed E-state index contributed by atoms with van der Waals surface area (Å²) >= 11 is 0. The Kier molecular flexibility index (Phi) is 3.32. The largest absolute Gasteiger partial charge is 0.458 e. The van der Waals surface area contributed by atoms with Crippen LogP contribution in [0, 0.1) is 11.8 Å². The molecule has 120 valence electrons. The maximum atomic E-state index is 11.9. The molecule has 1 aliphatic heterocycles. The molecule has 1 saturated carbocycles. The Balaban J connectivity index is 2.18. The topological polar surface area (TPSA) is 105 Å². The van der Waals surface area contributed by atoms with E-state index in [0.717, 1.165) is 0 Å². The van der Waals surface area contributed by atoms with E-state index in [9.17, 15) is 20.4 Å². The molecule has 3 rings (SSSR count). The van der Waals surface area contributed by atoms with Crippen LogP contribution in [0.4, 0.5) is 0 Å². The van der Waals surface area contributed by atoms with Gasteiger partial charge in [0.1, 0.15) is 11.7 Å². The molecule has 3 aliphatic rings. The summed E-state index contributed by atoms with van der Waals surface area (Å²) in [5.74, 6) is -2.14. The number of carbonyl (C=O) groups excluding carboxylic acids is 1. The summed E-state index contributed by atoms with van der Waals surface area (Å²) < 4.78 is 5.35. The fourth-order valence-corrected chi connectivity index (χ4v) is 3.94. The first-order valence-electron chi connectivity index (χ1n) is 6.92. The average Bonchev–Trinajstić information content (AvgIpc) is 2.91. The van der Waals surface area contributed by atoms with Gasteiger partial charge in [-0.25, -0.2) is 14.6 Å². The van der Waals surface area contributed by atoms with Gasteiger partial charge in [-0.05, 0) is 25.0 Å². The van der Waals surface area contributed by atoms with Crippen molar-refractivity contribution in [1.29, 1.82) is 0 Å². The second-order valence-electron chi connectivity index (χ2n) is 6.27. The van der Waals surface area contributed by atoms with Crippen LogP contribution < -0.4 is 0 Å². The van der Waals surface area contributed by atoms with Gasteiger partial charge in [0.05, 0.1) is 17.9 Å². The van der Waals surface area contributed by atoms with Crippen molar-refractivity contribution < 1.29 is 34.9 Å². The molecule has 6 atom stereocenters. The number of rotatable bonds is 2. The zero-order valence-electron chi connectivity index (χ0n) is 12.1.